The van der Waals surface area contributed by atoms with E-state index in [2.05, 4.69) is 10.1 Å². The Labute approximate surface area is 134 Å². The highest BCUT2D eigenvalue weighted by Gasteiger charge is 2.35. The lowest BCUT2D eigenvalue weighted by Crippen LogP contribution is -2.48. The molecule has 0 radical (unpaired) electrons. The Kier molecular flexibility index (Phi) is 7.11. The number of rotatable bonds is 8. The molecule has 0 aliphatic carbocycles. The molecule has 128 valence electrons. The van der Waals surface area contributed by atoms with Crippen LogP contribution in [0.5, 0.6) is 0 Å². The van der Waals surface area contributed by atoms with E-state index >= 15 is 0 Å². The first-order chi connectivity index (χ1) is 10.8. The molecule has 0 aliphatic rings. The largest absolute Gasteiger partial charge is 0.463 e. The molecule has 0 spiro atoms. The number of ether oxygens (including phenoxy) is 1. The Hall–Kier alpha value is -2.00. The van der Waals surface area contributed by atoms with E-state index in [0.717, 1.165) is 5.56 Å². The molecule has 1 aromatic rings. The minimum absolute atomic E-state index is 0.151. The molecule has 0 aliphatic heterocycles. The summed E-state index contributed by atoms with van der Waals surface area (Å²) in [5.41, 5.74) is -2.06. The van der Waals surface area contributed by atoms with Crippen LogP contribution in [-0.2, 0) is 30.9 Å². The Morgan fingerprint density at radius 1 is 1.26 bits per heavy atom. The van der Waals surface area contributed by atoms with Crippen LogP contribution >= 0.6 is 0 Å². The highest BCUT2D eigenvalue weighted by molar-refractivity contribution is 7.90. The van der Waals surface area contributed by atoms with Gasteiger partial charge in [-0.25, -0.2) is 17.6 Å². The molecule has 2 atom stereocenters. The lowest BCUT2D eigenvalue weighted by molar-refractivity contribution is -0.145. The Morgan fingerprint density at radius 2 is 1.87 bits per heavy atom. The lowest BCUT2D eigenvalue weighted by Gasteiger charge is -2.16. The number of alkyl halides is 1. The number of carbonyl (C=O) groups is 2. The summed E-state index contributed by atoms with van der Waals surface area (Å²) in [4.78, 5) is 23.0. The fourth-order valence-electron chi connectivity index (χ4n) is 1.63. The van der Waals surface area contributed by atoms with Crippen molar-refractivity contribution in [3.05, 3.63) is 35.9 Å². The maximum Gasteiger partial charge on any atom is 0.358 e. The number of hydrogen-bond donors (Lipinski definition) is 2. The van der Waals surface area contributed by atoms with Crippen molar-refractivity contribution in [2.75, 3.05) is 6.61 Å². The third-order valence-corrected chi connectivity index (χ3v) is 4.21. The van der Waals surface area contributed by atoms with Gasteiger partial charge in [0, 0.05) is 6.54 Å². The molecule has 1 rings (SSSR count). The zero-order chi connectivity index (χ0) is 17.5. The highest BCUT2D eigenvalue weighted by atomic mass is 32.2. The van der Waals surface area contributed by atoms with Crippen molar-refractivity contribution in [2.24, 2.45) is 0 Å². The van der Waals surface area contributed by atoms with Gasteiger partial charge in [-0.2, -0.15) is 4.72 Å². The summed E-state index contributed by atoms with van der Waals surface area (Å²) in [6.45, 7) is 2.71. The van der Waals surface area contributed by atoms with E-state index in [4.69, 9.17) is 0 Å². The van der Waals surface area contributed by atoms with Crippen LogP contribution in [0.3, 0.4) is 0 Å². The van der Waals surface area contributed by atoms with Crippen LogP contribution in [0.25, 0.3) is 0 Å². The van der Waals surface area contributed by atoms with Gasteiger partial charge in [-0.15, -0.1) is 0 Å². The molecule has 0 bridgehead atoms. The molecule has 0 aromatic heterocycles. The summed E-state index contributed by atoms with van der Waals surface area (Å²) in [7, 11) is -4.66. The van der Waals surface area contributed by atoms with Crippen LogP contribution < -0.4 is 10.0 Å². The molecule has 7 nitrogen and oxygen atoms in total. The topological polar surface area (TPSA) is 102 Å². The first-order valence-electron chi connectivity index (χ1n) is 6.91. The molecule has 2 unspecified atom stereocenters. The molecule has 0 heterocycles. The summed E-state index contributed by atoms with van der Waals surface area (Å²) in [5.74, 6) is -2.16. The number of esters is 1. The van der Waals surface area contributed by atoms with Crippen LogP contribution in [0.15, 0.2) is 30.3 Å². The van der Waals surface area contributed by atoms with Crippen molar-refractivity contribution in [1.29, 1.82) is 0 Å². The van der Waals surface area contributed by atoms with Gasteiger partial charge in [0.25, 0.3) is 10.0 Å². The average Bonchev–Trinajstić information content (AvgIpc) is 2.52. The first-order valence-corrected chi connectivity index (χ1v) is 8.46. The fourth-order valence-corrected chi connectivity index (χ4v) is 2.67. The highest BCUT2D eigenvalue weighted by Crippen LogP contribution is 2.05. The van der Waals surface area contributed by atoms with Gasteiger partial charge in [-0.3, -0.25) is 4.79 Å². The van der Waals surface area contributed by atoms with Crippen molar-refractivity contribution in [2.45, 2.75) is 31.9 Å². The van der Waals surface area contributed by atoms with Gasteiger partial charge in [0.15, 0.2) is 0 Å². The quantitative estimate of drug-likeness (QED) is 0.666. The molecule has 23 heavy (non-hydrogen) atoms. The number of hydrogen-bond acceptors (Lipinski definition) is 5. The maximum absolute atomic E-state index is 13.6. The van der Waals surface area contributed by atoms with Gasteiger partial charge in [0.05, 0.1) is 12.6 Å². The monoisotopic (exact) mass is 346 g/mol. The predicted octanol–water partition coefficient (Wildman–Crippen LogP) is 0.469. The van der Waals surface area contributed by atoms with E-state index in [-0.39, 0.29) is 13.2 Å². The molecule has 1 amide bonds. The molecule has 0 saturated heterocycles. The second-order valence-corrected chi connectivity index (χ2v) is 6.40. The van der Waals surface area contributed by atoms with Gasteiger partial charge < -0.3 is 10.1 Å². The molecule has 9 heteroatoms. The van der Waals surface area contributed by atoms with Crippen molar-refractivity contribution in [3.63, 3.8) is 0 Å². The van der Waals surface area contributed by atoms with Gasteiger partial charge >= 0.3 is 11.5 Å². The normalized spacial score (nSPS) is 13.9. The summed E-state index contributed by atoms with van der Waals surface area (Å²) in [6, 6.07) is 7.73. The Bertz CT molecular complexity index is 636. The Morgan fingerprint density at radius 3 is 2.43 bits per heavy atom. The average molecular weight is 346 g/mol. The number of nitrogens with one attached hydrogen (secondary N) is 2. The maximum atomic E-state index is 13.6. The van der Waals surface area contributed by atoms with Crippen LogP contribution in [0.2, 0.25) is 0 Å². The fraction of sp³-hybridized carbons (Fsp3) is 0.429. The SMILES string of the molecule is CCOC(=O)C(F)S(=O)(=O)NC(C)C(=O)NCc1ccccc1. The molecule has 1 aromatic carbocycles. The van der Waals surface area contributed by atoms with Crippen molar-refractivity contribution in [1.82, 2.24) is 10.0 Å². The zero-order valence-corrected chi connectivity index (χ0v) is 13.6. The molecule has 0 fully saturated rings. The van der Waals surface area contributed by atoms with Crippen molar-refractivity contribution >= 4 is 21.9 Å². The van der Waals surface area contributed by atoms with Gasteiger partial charge in [0.1, 0.15) is 0 Å². The summed E-state index contributed by atoms with van der Waals surface area (Å²) in [5, 5.41) is 2.51. The van der Waals surface area contributed by atoms with E-state index in [1.807, 2.05) is 10.8 Å². The van der Waals surface area contributed by atoms with Crippen molar-refractivity contribution in [3.8, 4) is 0 Å². The number of amides is 1. The van der Waals surface area contributed by atoms with Crippen LogP contribution in [0.4, 0.5) is 4.39 Å². The lowest BCUT2D eigenvalue weighted by atomic mass is 10.2. The summed E-state index contributed by atoms with van der Waals surface area (Å²) >= 11 is 0. The zero-order valence-electron chi connectivity index (χ0n) is 12.8. The van der Waals surface area contributed by atoms with Crippen LogP contribution in [-0.4, -0.2) is 38.4 Å². The summed E-state index contributed by atoms with van der Waals surface area (Å²) in [6.07, 6.45) is 0. The van der Waals surface area contributed by atoms with E-state index < -0.39 is 33.4 Å². The van der Waals surface area contributed by atoms with Gasteiger partial charge in [-0.05, 0) is 19.4 Å². The molecular weight excluding hydrogens is 327 g/mol. The molecule has 2 N–H and O–H groups in total. The van der Waals surface area contributed by atoms with Gasteiger partial charge in [0.2, 0.25) is 5.91 Å². The Balaban J connectivity index is 2.58. The molecular formula is C14H19FN2O5S. The smallest absolute Gasteiger partial charge is 0.358 e. The summed E-state index contributed by atoms with van der Waals surface area (Å²) < 4.78 is 43.0. The predicted molar refractivity (Wildman–Crippen MR) is 81.3 cm³/mol. The van der Waals surface area contributed by atoms with Crippen LogP contribution in [0.1, 0.15) is 19.4 Å². The molecule has 0 saturated carbocycles. The second-order valence-electron chi connectivity index (χ2n) is 4.66. The standard InChI is InChI=1S/C14H19FN2O5S/c1-3-22-14(19)12(15)23(20,21)17-10(2)13(18)16-9-11-7-5-4-6-8-11/h4-8,10,12,17H,3,9H2,1-2H3,(H,16,18). The number of sulfonamides is 1. The van der Waals surface area contributed by atoms with E-state index in [0.29, 0.717) is 0 Å². The number of benzene rings is 1. The minimum Gasteiger partial charge on any atom is -0.463 e. The third kappa shape index (κ3) is 5.95. The van der Waals surface area contributed by atoms with Gasteiger partial charge in [-0.1, -0.05) is 30.3 Å². The second kappa shape index (κ2) is 8.59. The third-order valence-electron chi connectivity index (χ3n) is 2.79. The van der Waals surface area contributed by atoms with Crippen molar-refractivity contribution < 1.29 is 27.1 Å². The number of halogens is 1. The van der Waals surface area contributed by atoms with E-state index in [1.54, 1.807) is 24.3 Å². The number of carbonyl (C=O) groups excluding carboxylic acids is 2. The van der Waals surface area contributed by atoms with E-state index in [1.165, 1.54) is 13.8 Å². The minimum atomic E-state index is -4.66. The van der Waals surface area contributed by atoms with E-state index in [9.17, 15) is 22.4 Å². The first kappa shape index (κ1) is 19.0. The van der Waals surface area contributed by atoms with Crippen LogP contribution in [0, 0.1) is 0 Å².